The zero-order chi connectivity index (χ0) is 20.3. The van der Waals surface area contributed by atoms with Crippen molar-refractivity contribution in [2.24, 2.45) is 5.92 Å². The number of ether oxygens (including phenoxy) is 3. The van der Waals surface area contributed by atoms with E-state index < -0.39 is 10.0 Å². The molecule has 1 N–H and O–H groups in total. The van der Waals surface area contributed by atoms with Crippen molar-refractivity contribution in [2.75, 3.05) is 39.5 Å². The number of carbonyl (C=O) groups excluding carboxylic acids is 1. The Balaban J connectivity index is 1.36. The molecule has 29 heavy (non-hydrogen) atoms. The van der Waals surface area contributed by atoms with Crippen molar-refractivity contribution in [3.8, 4) is 0 Å². The van der Waals surface area contributed by atoms with E-state index in [0.29, 0.717) is 44.4 Å². The second-order valence-corrected chi connectivity index (χ2v) is 9.52. The summed E-state index contributed by atoms with van der Waals surface area (Å²) in [5.41, 5.74) is 0.386. The predicted octanol–water partition coefficient (Wildman–Crippen LogP) is 1.37. The maximum Gasteiger partial charge on any atom is 0.253 e. The molecule has 4 rings (SSSR count). The van der Waals surface area contributed by atoms with Gasteiger partial charge in [-0.15, -0.1) is 0 Å². The Bertz CT molecular complexity index is 810. The molecule has 160 valence electrons. The fourth-order valence-corrected chi connectivity index (χ4v) is 5.21. The van der Waals surface area contributed by atoms with Gasteiger partial charge in [0.25, 0.3) is 5.91 Å². The number of likely N-dealkylation sites (tertiary alicyclic amines) is 1. The Hall–Kier alpha value is -1.52. The molecule has 1 aromatic rings. The van der Waals surface area contributed by atoms with Gasteiger partial charge in [-0.2, -0.15) is 0 Å². The topological polar surface area (TPSA) is 94.2 Å². The van der Waals surface area contributed by atoms with Crippen LogP contribution < -0.4 is 4.72 Å². The highest BCUT2D eigenvalue weighted by Gasteiger charge is 2.32. The fraction of sp³-hybridized carbons (Fsp3) is 0.650. The van der Waals surface area contributed by atoms with Crippen molar-refractivity contribution >= 4 is 15.9 Å². The van der Waals surface area contributed by atoms with E-state index in [2.05, 4.69) is 4.72 Å². The maximum absolute atomic E-state index is 12.9. The molecule has 0 saturated carbocycles. The number of sulfonamides is 1. The van der Waals surface area contributed by atoms with Crippen molar-refractivity contribution < 1.29 is 27.4 Å². The summed E-state index contributed by atoms with van der Waals surface area (Å²) in [4.78, 5) is 14.8. The molecule has 3 aliphatic rings. The van der Waals surface area contributed by atoms with Gasteiger partial charge in [0, 0.05) is 37.7 Å². The average Bonchev–Trinajstić information content (AvgIpc) is 3.46. The van der Waals surface area contributed by atoms with Crippen LogP contribution in [0.4, 0.5) is 0 Å². The van der Waals surface area contributed by atoms with Gasteiger partial charge in [-0.3, -0.25) is 4.79 Å². The van der Waals surface area contributed by atoms with E-state index in [1.165, 1.54) is 12.1 Å². The van der Waals surface area contributed by atoms with Crippen LogP contribution in [0, 0.1) is 5.92 Å². The summed E-state index contributed by atoms with van der Waals surface area (Å²) < 4.78 is 44.4. The number of nitrogens with zero attached hydrogens (tertiary/aromatic N) is 1. The van der Waals surface area contributed by atoms with E-state index in [-0.39, 0.29) is 29.7 Å². The Morgan fingerprint density at radius 2 is 1.83 bits per heavy atom. The number of nitrogens with one attached hydrogen (secondary N) is 1. The van der Waals surface area contributed by atoms with Crippen LogP contribution in [-0.2, 0) is 24.2 Å². The lowest BCUT2D eigenvalue weighted by atomic mass is 9.95. The normalized spacial score (nSPS) is 24.3. The van der Waals surface area contributed by atoms with Crippen LogP contribution in [0.25, 0.3) is 0 Å². The molecule has 3 fully saturated rings. The van der Waals surface area contributed by atoms with Crippen LogP contribution in [0.5, 0.6) is 0 Å². The van der Waals surface area contributed by atoms with Gasteiger partial charge < -0.3 is 19.1 Å². The van der Waals surface area contributed by atoms with Gasteiger partial charge in [0.05, 0.1) is 24.2 Å². The highest BCUT2D eigenvalue weighted by molar-refractivity contribution is 7.89. The van der Waals surface area contributed by atoms with E-state index in [4.69, 9.17) is 14.2 Å². The van der Waals surface area contributed by atoms with Gasteiger partial charge in [-0.05, 0) is 43.9 Å². The number of piperidine rings is 1. The number of carbonyl (C=O) groups is 1. The molecule has 3 heterocycles. The third-order valence-corrected chi connectivity index (χ3v) is 7.20. The molecule has 0 aliphatic carbocycles. The van der Waals surface area contributed by atoms with Crippen molar-refractivity contribution in [1.29, 1.82) is 0 Å². The minimum absolute atomic E-state index is 0.0799. The molecular weight excluding hydrogens is 396 g/mol. The summed E-state index contributed by atoms with van der Waals surface area (Å²) in [6.45, 7) is 3.41. The predicted molar refractivity (Wildman–Crippen MR) is 105 cm³/mol. The minimum Gasteiger partial charge on any atom is -0.377 e. The zero-order valence-corrected chi connectivity index (χ0v) is 17.2. The fourth-order valence-electron chi connectivity index (χ4n) is 4.09. The number of amides is 1. The average molecular weight is 425 g/mol. The first kappa shape index (κ1) is 20.7. The molecule has 0 spiro atoms. The molecule has 3 aliphatic heterocycles. The number of hydrogen-bond donors (Lipinski definition) is 1. The Labute approximate surface area is 171 Å². The monoisotopic (exact) mass is 424 g/mol. The molecule has 0 bridgehead atoms. The van der Waals surface area contributed by atoms with Crippen LogP contribution in [0.3, 0.4) is 0 Å². The first-order valence-electron chi connectivity index (χ1n) is 10.3. The quantitative estimate of drug-likeness (QED) is 0.741. The molecule has 1 amide bonds. The lowest BCUT2D eigenvalue weighted by Gasteiger charge is -2.34. The highest BCUT2D eigenvalue weighted by atomic mass is 32.2. The van der Waals surface area contributed by atoms with Crippen molar-refractivity contribution in [3.05, 3.63) is 29.8 Å². The van der Waals surface area contributed by atoms with Crippen LogP contribution in [0.15, 0.2) is 29.2 Å². The third-order valence-electron chi connectivity index (χ3n) is 5.78. The van der Waals surface area contributed by atoms with Crippen molar-refractivity contribution in [1.82, 2.24) is 9.62 Å². The molecule has 0 aromatic heterocycles. The molecular formula is C20H28N2O6S. The SMILES string of the molecule is O=C(c1cccc(S(=O)(=O)NCC2CCCO2)c1)N1CCC(C2OCCO2)CC1. The second kappa shape index (κ2) is 9.09. The van der Waals surface area contributed by atoms with Crippen LogP contribution >= 0.6 is 0 Å². The van der Waals surface area contributed by atoms with E-state index in [1.807, 2.05) is 0 Å². The van der Waals surface area contributed by atoms with Crippen LogP contribution in [0.2, 0.25) is 0 Å². The Morgan fingerprint density at radius 3 is 2.52 bits per heavy atom. The largest absolute Gasteiger partial charge is 0.377 e. The summed E-state index contributed by atoms with van der Waals surface area (Å²) in [6, 6.07) is 6.24. The molecule has 9 heteroatoms. The third kappa shape index (κ3) is 4.97. The molecule has 1 atom stereocenters. The van der Waals surface area contributed by atoms with E-state index >= 15 is 0 Å². The van der Waals surface area contributed by atoms with Gasteiger partial charge in [0.15, 0.2) is 6.29 Å². The first-order valence-corrected chi connectivity index (χ1v) is 11.7. The van der Waals surface area contributed by atoms with Crippen LogP contribution in [-0.4, -0.2) is 71.1 Å². The summed E-state index contributed by atoms with van der Waals surface area (Å²) in [5.74, 6) is 0.156. The molecule has 1 unspecified atom stereocenters. The van der Waals surface area contributed by atoms with Crippen molar-refractivity contribution in [2.45, 2.75) is 43.0 Å². The van der Waals surface area contributed by atoms with Gasteiger partial charge in [-0.25, -0.2) is 13.1 Å². The van der Waals surface area contributed by atoms with E-state index in [1.54, 1.807) is 17.0 Å². The number of rotatable bonds is 6. The summed E-state index contributed by atoms with van der Waals surface area (Å²) in [5, 5.41) is 0. The highest BCUT2D eigenvalue weighted by Crippen LogP contribution is 2.27. The number of benzene rings is 1. The van der Waals surface area contributed by atoms with Gasteiger partial charge in [0.1, 0.15) is 0 Å². The first-order chi connectivity index (χ1) is 14.0. The van der Waals surface area contributed by atoms with Gasteiger partial charge >= 0.3 is 0 Å². The smallest absolute Gasteiger partial charge is 0.253 e. The van der Waals surface area contributed by atoms with Gasteiger partial charge in [-0.1, -0.05) is 6.07 Å². The van der Waals surface area contributed by atoms with E-state index in [9.17, 15) is 13.2 Å². The maximum atomic E-state index is 12.9. The summed E-state index contributed by atoms with van der Waals surface area (Å²) >= 11 is 0. The molecule has 0 radical (unpaired) electrons. The van der Waals surface area contributed by atoms with Gasteiger partial charge in [0.2, 0.25) is 10.0 Å². The standard InChI is InChI=1S/C20H28N2O6S/c23-19(22-8-6-15(7-9-22)20-27-11-12-28-20)16-3-1-5-18(13-16)29(24,25)21-14-17-4-2-10-26-17/h1,3,5,13,15,17,20-21H,2,4,6-12,14H2. The van der Waals surface area contributed by atoms with E-state index in [0.717, 1.165) is 25.7 Å². The van der Waals surface area contributed by atoms with Crippen molar-refractivity contribution in [3.63, 3.8) is 0 Å². The second-order valence-electron chi connectivity index (χ2n) is 7.75. The van der Waals surface area contributed by atoms with Crippen LogP contribution in [0.1, 0.15) is 36.0 Å². The summed E-state index contributed by atoms with van der Waals surface area (Å²) in [7, 11) is -3.69. The minimum atomic E-state index is -3.69. The lowest BCUT2D eigenvalue weighted by molar-refractivity contribution is -0.0956. The number of hydrogen-bond acceptors (Lipinski definition) is 6. The summed E-state index contributed by atoms with van der Waals surface area (Å²) in [6.07, 6.45) is 3.20. The Morgan fingerprint density at radius 1 is 1.07 bits per heavy atom. The lowest BCUT2D eigenvalue weighted by Crippen LogP contribution is -2.41. The molecule has 1 aromatic carbocycles. The Kier molecular flexibility index (Phi) is 6.50. The molecule has 3 saturated heterocycles. The molecule has 8 nitrogen and oxygen atoms in total. The zero-order valence-electron chi connectivity index (χ0n) is 16.4.